The predicted molar refractivity (Wildman–Crippen MR) is 218 cm³/mol. The lowest BCUT2D eigenvalue weighted by molar-refractivity contribution is -0.141. The van der Waals surface area contributed by atoms with Crippen LogP contribution in [0.25, 0.3) is 28.2 Å². The van der Waals surface area contributed by atoms with Gasteiger partial charge in [-0.05, 0) is 42.3 Å². The third-order valence-corrected chi connectivity index (χ3v) is 12.7. The number of nitrogens with zero attached hydrogens (tertiary/aromatic N) is 6. The Hall–Kier alpha value is -4.81. The summed E-state index contributed by atoms with van der Waals surface area (Å²) in [6.07, 6.45) is 0.0155. The molecule has 2 aromatic carbocycles. The average Bonchev–Trinajstić information content (AvgIpc) is 3.55. The maximum absolute atomic E-state index is 11.6. The molecule has 2 fully saturated rings. The van der Waals surface area contributed by atoms with Gasteiger partial charge in [0.2, 0.25) is 5.95 Å². The molecular formula is C38H44N8O6S3. The number of rotatable bonds is 10. The number of aromatic nitrogens is 4. The number of hydrogen-bond acceptors (Lipinski definition) is 13. The van der Waals surface area contributed by atoms with Crippen LogP contribution in [0.4, 0.5) is 11.8 Å². The Labute approximate surface area is 326 Å². The summed E-state index contributed by atoms with van der Waals surface area (Å²) in [7, 11) is -5.70. The monoisotopic (exact) mass is 804 g/mol. The van der Waals surface area contributed by atoms with Crippen LogP contribution in [0.15, 0.2) is 84.9 Å². The maximum Gasteiger partial charge on any atom is 0.312 e. The summed E-state index contributed by atoms with van der Waals surface area (Å²) in [6.45, 7) is 5.91. The van der Waals surface area contributed by atoms with Gasteiger partial charge >= 0.3 is 5.97 Å². The van der Waals surface area contributed by atoms with Gasteiger partial charge < -0.3 is 15.8 Å². The van der Waals surface area contributed by atoms with Crippen LogP contribution in [0.2, 0.25) is 0 Å². The van der Waals surface area contributed by atoms with Crippen LogP contribution < -0.4 is 11.1 Å². The minimum atomic E-state index is -2.86. The molecule has 3 N–H and O–H groups in total. The SMILES string of the molecule is CCOC(=O)CC(=S)Nc1cccc(-c2ccc(CN3CCS(=O)(=O)CC3)cc2)n1.Nc1nc2cccc(-c3ccc(CN4CCS(=O)(=O)CC4)cc3)n2n1. The smallest absolute Gasteiger partial charge is 0.312 e. The van der Waals surface area contributed by atoms with Crippen molar-refractivity contribution in [2.75, 3.05) is 66.8 Å². The minimum Gasteiger partial charge on any atom is -0.466 e. The van der Waals surface area contributed by atoms with Crippen LogP contribution in [-0.2, 0) is 42.3 Å². The molecule has 3 aromatic heterocycles. The molecule has 0 amide bonds. The predicted octanol–water partition coefficient (Wildman–Crippen LogP) is 3.88. The number of esters is 1. The van der Waals surface area contributed by atoms with Gasteiger partial charge in [-0.25, -0.2) is 26.3 Å². The van der Waals surface area contributed by atoms with E-state index in [0.717, 1.165) is 46.7 Å². The van der Waals surface area contributed by atoms with Crippen LogP contribution >= 0.6 is 12.2 Å². The number of nitrogen functional groups attached to an aromatic ring is 1. The van der Waals surface area contributed by atoms with Gasteiger partial charge in [-0.2, -0.15) is 4.98 Å². The van der Waals surface area contributed by atoms with E-state index in [2.05, 4.69) is 42.3 Å². The maximum atomic E-state index is 11.6. The van der Waals surface area contributed by atoms with Gasteiger partial charge in [-0.15, -0.1) is 5.10 Å². The summed E-state index contributed by atoms with van der Waals surface area (Å²) in [5, 5.41) is 7.21. The number of thiocarbonyl (C=S) groups is 1. The molecular weight excluding hydrogens is 761 g/mol. The molecule has 55 heavy (non-hydrogen) atoms. The van der Waals surface area contributed by atoms with Crippen LogP contribution in [0.5, 0.6) is 0 Å². The first-order valence-electron chi connectivity index (χ1n) is 17.9. The summed E-state index contributed by atoms with van der Waals surface area (Å²) in [6, 6.07) is 27.6. The fraction of sp³-hybridized carbons (Fsp3) is 0.342. The van der Waals surface area contributed by atoms with Crippen molar-refractivity contribution in [2.45, 2.75) is 26.4 Å². The number of nitrogens with two attached hydrogens (primary N) is 1. The zero-order valence-corrected chi connectivity index (χ0v) is 33.0. The van der Waals surface area contributed by atoms with Crippen LogP contribution in [0.3, 0.4) is 0 Å². The second-order valence-corrected chi connectivity index (χ2v) is 18.4. The van der Waals surface area contributed by atoms with Gasteiger partial charge in [-0.3, -0.25) is 14.6 Å². The summed E-state index contributed by atoms with van der Waals surface area (Å²) < 4.78 is 52.8. The molecule has 2 aliphatic heterocycles. The number of benzene rings is 2. The molecule has 0 saturated carbocycles. The van der Waals surface area contributed by atoms with Crippen molar-refractivity contribution >= 4 is 60.3 Å². The first-order valence-corrected chi connectivity index (χ1v) is 22.0. The number of hydrogen-bond donors (Lipinski definition) is 2. The molecule has 0 bridgehead atoms. The van der Waals surface area contributed by atoms with E-state index >= 15 is 0 Å². The van der Waals surface area contributed by atoms with Crippen molar-refractivity contribution in [3.8, 4) is 22.5 Å². The van der Waals surface area contributed by atoms with E-state index in [1.54, 1.807) is 17.5 Å². The Morgan fingerprint density at radius 3 is 1.87 bits per heavy atom. The second-order valence-electron chi connectivity index (χ2n) is 13.3. The number of ether oxygens (including phenoxy) is 1. The van der Waals surface area contributed by atoms with Gasteiger partial charge in [0.1, 0.15) is 5.82 Å². The number of carbonyl (C=O) groups is 1. The number of nitrogens with one attached hydrogen (secondary N) is 1. The van der Waals surface area contributed by atoms with Gasteiger partial charge in [0, 0.05) is 50.4 Å². The first kappa shape index (κ1) is 39.9. The van der Waals surface area contributed by atoms with Gasteiger partial charge in [0.05, 0.1) is 52.4 Å². The molecule has 5 heterocycles. The van der Waals surface area contributed by atoms with E-state index in [0.29, 0.717) is 49.2 Å². The van der Waals surface area contributed by atoms with Gasteiger partial charge in [-0.1, -0.05) is 72.9 Å². The third-order valence-electron chi connectivity index (χ3n) is 9.19. The Kier molecular flexibility index (Phi) is 12.9. The van der Waals surface area contributed by atoms with Crippen molar-refractivity contribution in [2.24, 2.45) is 0 Å². The number of fused-ring (bicyclic) bond motifs is 1. The van der Waals surface area contributed by atoms with Crippen molar-refractivity contribution in [1.82, 2.24) is 29.4 Å². The van der Waals surface area contributed by atoms with Crippen molar-refractivity contribution in [3.63, 3.8) is 0 Å². The molecule has 0 atom stereocenters. The van der Waals surface area contributed by atoms with E-state index in [9.17, 15) is 21.6 Å². The molecule has 17 heteroatoms. The van der Waals surface area contributed by atoms with Crippen molar-refractivity contribution < 1.29 is 26.4 Å². The Morgan fingerprint density at radius 1 is 0.764 bits per heavy atom. The molecule has 290 valence electrons. The van der Waals surface area contributed by atoms with E-state index in [1.165, 1.54) is 0 Å². The highest BCUT2D eigenvalue weighted by atomic mass is 32.2. The van der Waals surface area contributed by atoms with Crippen molar-refractivity contribution in [1.29, 1.82) is 0 Å². The van der Waals surface area contributed by atoms with Gasteiger partial charge in [0.15, 0.2) is 25.3 Å². The fourth-order valence-electron chi connectivity index (χ4n) is 6.23. The summed E-state index contributed by atoms with van der Waals surface area (Å²) in [5.74, 6) is 1.42. The molecule has 5 aromatic rings. The molecule has 14 nitrogen and oxygen atoms in total. The molecule has 0 radical (unpaired) electrons. The number of anilines is 2. The van der Waals surface area contributed by atoms with E-state index in [4.69, 9.17) is 22.7 Å². The van der Waals surface area contributed by atoms with Crippen molar-refractivity contribution in [3.05, 3.63) is 96.1 Å². The molecule has 2 aliphatic rings. The molecule has 0 aliphatic carbocycles. The average molecular weight is 805 g/mol. The highest BCUT2D eigenvalue weighted by molar-refractivity contribution is 7.91. The lowest BCUT2D eigenvalue weighted by Gasteiger charge is -2.26. The second kappa shape index (κ2) is 17.8. The zero-order valence-electron chi connectivity index (χ0n) is 30.5. The van der Waals surface area contributed by atoms with Gasteiger partial charge in [0.25, 0.3) is 0 Å². The van der Waals surface area contributed by atoms with Crippen LogP contribution in [-0.4, -0.2) is 113 Å². The number of carbonyl (C=O) groups excluding carboxylic acids is 1. The molecule has 0 spiro atoms. The lowest BCUT2D eigenvalue weighted by atomic mass is 10.1. The minimum absolute atomic E-state index is 0.0155. The summed E-state index contributed by atoms with van der Waals surface area (Å²) in [4.78, 5) is 25.0. The lowest BCUT2D eigenvalue weighted by Crippen LogP contribution is -2.39. The fourth-order valence-corrected chi connectivity index (χ4v) is 9.01. The van der Waals surface area contributed by atoms with E-state index < -0.39 is 19.7 Å². The zero-order chi connectivity index (χ0) is 39.0. The van der Waals surface area contributed by atoms with E-state index in [-0.39, 0.29) is 41.3 Å². The number of pyridine rings is 2. The van der Waals surface area contributed by atoms with Crippen LogP contribution in [0.1, 0.15) is 24.5 Å². The third kappa shape index (κ3) is 11.4. The van der Waals surface area contributed by atoms with Crippen LogP contribution in [0, 0.1) is 0 Å². The normalized spacial score (nSPS) is 16.8. The Morgan fingerprint density at radius 2 is 1.31 bits per heavy atom. The number of sulfone groups is 2. The highest BCUT2D eigenvalue weighted by Crippen LogP contribution is 2.23. The molecule has 2 saturated heterocycles. The molecule has 0 unspecified atom stereocenters. The summed E-state index contributed by atoms with van der Waals surface area (Å²) in [5.41, 5.74) is 12.4. The standard InChI is InChI=1S/C21H25N3O4S2.C17H19N5O2S/c1-2-28-21(25)14-20(29)23-19-5-3-4-18(22-19)17-8-6-16(7-9-17)15-24-10-12-30(26,27)13-11-24;18-17-19-16-3-1-2-15(22(16)20-17)14-6-4-13(5-7-14)12-21-8-10-25(23,24)11-9-21/h3-9H,2,10-15H2,1H3,(H,22,23,29);1-7H,8-12H2,(H2,18,20). The largest absolute Gasteiger partial charge is 0.466 e. The summed E-state index contributed by atoms with van der Waals surface area (Å²) >= 11 is 5.20. The topological polar surface area (TPSA) is 182 Å². The Bertz CT molecular complexity index is 2320. The Balaban J connectivity index is 0.000000190. The quantitative estimate of drug-likeness (QED) is 0.153. The van der Waals surface area contributed by atoms with E-state index in [1.807, 2.05) is 66.7 Å². The highest BCUT2D eigenvalue weighted by Gasteiger charge is 2.22. The first-order chi connectivity index (χ1) is 26.3. The molecule has 7 rings (SSSR count).